The summed E-state index contributed by atoms with van der Waals surface area (Å²) in [7, 11) is 0. The Labute approximate surface area is 101 Å². The maximum atomic E-state index is 5.60. The van der Waals surface area contributed by atoms with Gasteiger partial charge in [-0.05, 0) is 31.8 Å². The zero-order valence-corrected chi connectivity index (χ0v) is 11.0. The van der Waals surface area contributed by atoms with Crippen molar-refractivity contribution in [1.82, 2.24) is 0 Å². The van der Waals surface area contributed by atoms with Crippen molar-refractivity contribution in [2.45, 2.75) is 77.6 Å². The van der Waals surface area contributed by atoms with Crippen LogP contribution in [0.3, 0.4) is 0 Å². The molecule has 1 fully saturated rings. The van der Waals surface area contributed by atoms with E-state index < -0.39 is 0 Å². The van der Waals surface area contributed by atoms with Gasteiger partial charge < -0.3 is 4.74 Å². The monoisotopic (exact) mass is 224 g/mol. The molecule has 0 aromatic rings. The van der Waals surface area contributed by atoms with Crippen molar-refractivity contribution in [1.29, 1.82) is 0 Å². The van der Waals surface area contributed by atoms with Crippen molar-refractivity contribution in [2.24, 2.45) is 0 Å². The summed E-state index contributed by atoms with van der Waals surface area (Å²) in [6.45, 7) is 3.22. The zero-order valence-electron chi connectivity index (χ0n) is 11.0. The van der Waals surface area contributed by atoms with Crippen LogP contribution in [0.5, 0.6) is 0 Å². The predicted octanol–water partition coefficient (Wildman–Crippen LogP) is 5.21. The molecule has 0 radical (unpaired) electrons. The van der Waals surface area contributed by atoms with Crippen molar-refractivity contribution in [3.8, 4) is 0 Å². The highest BCUT2D eigenvalue weighted by atomic mass is 16.5. The van der Waals surface area contributed by atoms with Gasteiger partial charge in [0.25, 0.3) is 0 Å². The summed E-state index contributed by atoms with van der Waals surface area (Å²) in [5, 5.41) is 0. The molecular formula is C15H28O. The van der Waals surface area contributed by atoms with E-state index in [9.17, 15) is 0 Å². The van der Waals surface area contributed by atoms with Gasteiger partial charge in [-0.3, -0.25) is 0 Å². The van der Waals surface area contributed by atoms with Crippen LogP contribution in [-0.4, -0.2) is 6.61 Å². The van der Waals surface area contributed by atoms with Gasteiger partial charge in [-0.25, -0.2) is 0 Å². The SMILES string of the molecule is CCCCCCCCC/C=C1\CCCCO1. The number of hydrogen-bond acceptors (Lipinski definition) is 1. The molecule has 1 rings (SSSR count). The molecule has 0 atom stereocenters. The van der Waals surface area contributed by atoms with Gasteiger partial charge in [-0.2, -0.15) is 0 Å². The van der Waals surface area contributed by atoms with Gasteiger partial charge in [-0.1, -0.05) is 45.4 Å². The van der Waals surface area contributed by atoms with Crippen LogP contribution in [0, 0.1) is 0 Å². The molecule has 94 valence electrons. The second-order valence-corrected chi connectivity index (χ2v) is 4.89. The summed E-state index contributed by atoms with van der Waals surface area (Å²) >= 11 is 0. The number of ether oxygens (including phenoxy) is 1. The lowest BCUT2D eigenvalue weighted by atomic mass is 10.1. The Bertz CT molecular complexity index is 176. The van der Waals surface area contributed by atoms with Crippen molar-refractivity contribution < 1.29 is 4.74 Å². The Morgan fingerprint density at radius 1 is 1.00 bits per heavy atom. The van der Waals surface area contributed by atoms with E-state index in [2.05, 4.69) is 13.0 Å². The third-order valence-electron chi connectivity index (χ3n) is 3.28. The first kappa shape index (κ1) is 13.6. The molecule has 0 saturated carbocycles. The van der Waals surface area contributed by atoms with E-state index in [1.54, 1.807) is 0 Å². The Balaban J connectivity index is 1.87. The first-order valence-electron chi connectivity index (χ1n) is 7.25. The minimum absolute atomic E-state index is 0.947. The van der Waals surface area contributed by atoms with Crippen LogP contribution in [0.1, 0.15) is 77.6 Å². The number of allylic oxidation sites excluding steroid dienone is 2. The summed E-state index contributed by atoms with van der Waals surface area (Å²) in [5.41, 5.74) is 0. The molecule has 0 aliphatic carbocycles. The maximum absolute atomic E-state index is 5.60. The fraction of sp³-hybridized carbons (Fsp3) is 0.867. The summed E-state index contributed by atoms with van der Waals surface area (Å²) in [5.74, 6) is 1.26. The Hall–Kier alpha value is -0.460. The van der Waals surface area contributed by atoms with Crippen LogP contribution in [0.25, 0.3) is 0 Å². The second kappa shape index (κ2) is 9.74. The summed E-state index contributed by atoms with van der Waals surface area (Å²) in [4.78, 5) is 0. The molecular weight excluding hydrogens is 196 g/mol. The van der Waals surface area contributed by atoms with Gasteiger partial charge >= 0.3 is 0 Å². The fourth-order valence-corrected chi connectivity index (χ4v) is 2.20. The van der Waals surface area contributed by atoms with E-state index in [1.165, 1.54) is 76.4 Å². The predicted molar refractivity (Wildman–Crippen MR) is 70.5 cm³/mol. The number of unbranched alkanes of at least 4 members (excludes halogenated alkanes) is 7. The van der Waals surface area contributed by atoms with E-state index in [1.807, 2.05) is 0 Å². The fourth-order valence-electron chi connectivity index (χ4n) is 2.20. The molecule has 1 aliphatic rings. The standard InChI is InChI=1S/C15H28O/c1-2-3-4-5-6-7-8-9-12-15-13-10-11-14-16-15/h12H,2-11,13-14H2,1H3/b15-12+. The minimum Gasteiger partial charge on any atom is -0.498 e. The molecule has 1 aliphatic heterocycles. The van der Waals surface area contributed by atoms with E-state index in [4.69, 9.17) is 4.74 Å². The highest BCUT2D eigenvalue weighted by Gasteiger charge is 2.04. The van der Waals surface area contributed by atoms with Crippen molar-refractivity contribution in [3.63, 3.8) is 0 Å². The van der Waals surface area contributed by atoms with E-state index in [-0.39, 0.29) is 0 Å². The van der Waals surface area contributed by atoms with Gasteiger partial charge in [0.2, 0.25) is 0 Å². The molecule has 0 spiro atoms. The minimum atomic E-state index is 0.947. The van der Waals surface area contributed by atoms with Crippen LogP contribution in [0.4, 0.5) is 0 Å². The average Bonchev–Trinajstić information content (AvgIpc) is 2.34. The first-order chi connectivity index (χ1) is 7.93. The maximum Gasteiger partial charge on any atom is 0.0919 e. The highest BCUT2D eigenvalue weighted by Crippen LogP contribution is 2.17. The lowest BCUT2D eigenvalue weighted by Crippen LogP contribution is -2.02. The third kappa shape index (κ3) is 6.92. The molecule has 1 heterocycles. The van der Waals surface area contributed by atoms with E-state index in [0.717, 1.165) is 6.61 Å². The van der Waals surface area contributed by atoms with Crippen molar-refractivity contribution in [2.75, 3.05) is 6.61 Å². The van der Waals surface area contributed by atoms with Gasteiger partial charge in [0, 0.05) is 6.42 Å². The molecule has 0 bridgehead atoms. The highest BCUT2D eigenvalue weighted by molar-refractivity contribution is 4.94. The second-order valence-electron chi connectivity index (χ2n) is 4.89. The molecule has 0 aromatic heterocycles. The van der Waals surface area contributed by atoms with Gasteiger partial charge in [0.1, 0.15) is 0 Å². The lowest BCUT2D eigenvalue weighted by Gasteiger charge is -2.15. The Morgan fingerprint density at radius 2 is 1.75 bits per heavy atom. The van der Waals surface area contributed by atoms with Crippen molar-refractivity contribution in [3.05, 3.63) is 11.8 Å². The normalized spacial score (nSPS) is 18.7. The van der Waals surface area contributed by atoms with Crippen LogP contribution in [-0.2, 0) is 4.74 Å². The van der Waals surface area contributed by atoms with Crippen LogP contribution in [0.2, 0.25) is 0 Å². The molecule has 1 heteroatoms. The molecule has 0 aromatic carbocycles. The first-order valence-corrected chi connectivity index (χ1v) is 7.25. The summed E-state index contributed by atoms with van der Waals surface area (Å²) in [6.07, 6.45) is 17.1. The van der Waals surface area contributed by atoms with Crippen molar-refractivity contribution >= 4 is 0 Å². The van der Waals surface area contributed by atoms with Gasteiger partial charge in [-0.15, -0.1) is 0 Å². The smallest absolute Gasteiger partial charge is 0.0919 e. The number of hydrogen-bond donors (Lipinski definition) is 0. The molecule has 1 nitrogen and oxygen atoms in total. The molecule has 16 heavy (non-hydrogen) atoms. The molecule has 1 saturated heterocycles. The summed E-state index contributed by atoms with van der Waals surface area (Å²) < 4.78 is 5.60. The quantitative estimate of drug-likeness (QED) is 0.514. The number of rotatable bonds is 8. The molecule has 0 N–H and O–H groups in total. The van der Waals surface area contributed by atoms with E-state index in [0.29, 0.717) is 0 Å². The lowest BCUT2D eigenvalue weighted by molar-refractivity contribution is 0.165. The summed E-state index contributed by atoms with van der Waals surface area (Å²) in [6, 6.07) is 0. The zero-order chi connectivity index (χ0) is 11.5. The largest absolute Gasteiger partial charge is 0.498 e. The molecule has 0 unspecified atom stereocenters. The van der Waals surface area contributed by atoms with Crippen LogP contribution >= 0.6 is 0 Å². The molecule has 0 amide bonds. The Morgan fingerprint density at radius 3 is 2.44 bits per heavy atom. The van der Waals surface area contributed by atoms with Crippen LogP contribution in [0.15, 0.2) is 11.8 Å². The van der Waals surface area contributed by atoms with Gasteiger partial charge in [0.05, 0.1) is 12.4 Å². The average molecular weight is 224 g/mol. The Kier molecular flexibility index (Phi) is 8.28. The van der Waals surface area contributed by atoms with Crippen LogP contribution < -0.4 is 0 Å². The van der Waals surface area contributed by atoms with Gasteiger partial charge in [0.15, 0.2) is 0 Å². The topological polar surface area (TPSA) is 9.23 Å². The van der Waals surface area contributed by atoms with E-state index >= 15 is 0 Å². The third-order valence-corrected chi connectivity index (χ3v) is 3.28.